The van der Waals surface area contributed by atoms with Gasteiger partial charge in [0, 0.05) is 11.8 Å². The van der Waals surface area contributed by atoms with Crippen LogP contribution in [-0.2, 0) is 19.6 Å². The summed E-state index contributed by atoms with van der Waals surface area (Å²) in [6, 6.07) is 16.4. The molecule has 0 saturated carbocycles. The highest BCUT2D eigenvalue weighted by molar-refractivity contribution is 7.92. The van der Waals surface area contributed by atoms with E-state index in [4.69, 9.17) is 4.74 Å². The number of nitrogens with zero attached hydrogens (tertiary/aromatic N) is 1. The number of halogens is 2. The highest BCUT2D eigenvalue weighted by Crippen LogP contribution is 2.24. The molecule has 0 aromatic heterocycles. The molecule has 7 nitrogen and oxygen atoms in total. The van der Waals surface area contributed by atoms with Gasteiger partial charge in [-0.05, 0) is 42.5 Å². The molecule has 176 valence electrons. The van der Waals surface area contributed by atoms with Crippen LogP contribution in [0.5, 0.6) is 0 Å². The Morgan fingerprint density at radius 3 is 2.38 bits per heavy atom. The molecule has 0 atom stereocenters. The number of sulfonamides is 1. The lowest BCUT2D eigenvalue weighted by atomic mass is 10.2. The number of para-hydroxylation sites is 1. The zero-order chi connectivity index (χ0) is 24.7. The summed E-state index contributed by atoms with van der Waals surface area (Å²) >= 11 is 0. The summed E-state index contributed by atoms with van der Waals surface area (Å²) in [5, 5.41) is 2.26. The Bertz CT molecular complexity index is 1310. The smallest absolute Gasteiger partial charge is 0.338 e. The van der Waals surface area contributed by atoms with E-state index in [0.29, 0.717) is 5.69 Å². The fourth-order valence-corrected chi connectivity index (χ4v) is 4.43. The Balaban J connectivity index is 1.72. The molecule has 34 heavy (non-hydrogen) atoms. The Morgan fingerprint density at radius 1 is 0.971 bits per heavy atom. The fraction of sp³-hybridized carbons (Fsp3) is 0.0833. The van der Waals surface area contributed by atoms with Crippen LogP contribution in [0.25, 0.3) is 0 Å². The first-order chi connectivity index (χ1) is 16.2. The van der Waals surface area contributed by atoms with Crippen LogP contribution in [0.2, 0.25) is 0 Å². The quantitative estimate of drug-likeness (QED) is 0.363. The van der Waals surface area contributed by atoms with Gasteiger partial charge in [0.25, 0.3) is 15.9 Å². The lowest BCUT2D eigenvalue weighted by molar-refractivity contribution is -0.119. The van der Waals surface area contributed by atoms with Gasteiger partial charge < -0.3 is 10.1 Å². The molecule has 0 spiro atoms. The van der Waals surface area contributed by atoms with Crippen LogP contribution in [0.15, 0.2) is 90.3 Å². The third-order valence-corrected chi connectivity index (χ3v) is 6.32. The molecule has 3 aromatic rings. The molecule has 0 aliphatic heterocycles. The van der Waals surface area contributed by atoms with Gasteiger partial charge in [0.1, 0.15) is 0 Å². The number of amides is 1. The van der Waals surface area contributed by atoms with Crippen LogP contribution in [0.1, 0.15) is 10.4 Å². The molecule has 3 rings (SSSR count). The number of carbonyl (C=O) groups is 2. The van der Waals surface area contributed by atoms with E-state index in [1.54, 1.807) is 30.3 Å². The minimum absolute atomic E-state index is 0.00513. The van der Waals surface area contributed by atoms with Crippen molar-refractivity contribution in [1.29, 1.82) is 0 Å². The molecule has 0 heterocycles. The van der Waals surface area contributed by atoms with Crippen molar-refractivity contribution in [1.82, 2.24) is 0 Å². The average molecular weight is 486 g/mol. The second-order valence-electron chi connectivity index (χ2n) is 6.94. The van der Waals surface area contributed by atoms with Crippen molar-refractivity contribution >= 4 is 33.3 Å². The molecule has 0 bridgehead atoms. The summed E-state index contributed by atoms with van der Waals surface area (Å²) in [7, 11) is -4.04. The number of esters is 1. The highest BCUT2D eigenvalue weighted by Gasteiger charge is 2.25. The van der Waals surface area contributed by atoms with E-state index in [1.165, 1.54) is 24.3 Å². The fourth-order valence-electron chi connectivity index (χ4n) is 2.95. The topological polar surface area (TPSA) is 92.8 Å². The Morgan fingerprint density at radius 2 is 1.71 bits per heavy atom. The first kappa shape index (κ1) is 24.6. The number of ether oxygens (including phenoxy) is 1. The lowest BCUT2D eigenvalue weighted by Crippen LogP contribution is -2.31. The van der Waals surface area contributed by atoms with Crippen LogP contribution < -0.4 is 9.62 Å². The van der Waals surface area contributed by atoms with Crippen molar-refractivity contribution < 1.29 is 31.5 Å². The molecule has 1 amide bonds. The van der Waals surface area contributed by atoms with E-state index < -0.39 is 40.1 Å². The average Bonchev–Trinajstić information content (AvgIpc) is 2.84. The maximum Gasteiger partial charge on any atom is 0.338 e. The van der Waals surface area contributed by atoms with Gasteiger partial charge >= 0.3 is 5.97 Å². The van der Waals surface area contributed by atoms with Crippen LogP contribution in [0.3, 0.4) is 0 Å². The summed E-state index contributed by atoms with van der Waals surface area (Å²) in [4.78, 5) is 24.2. The van der Waals surface area contributed by atoms with Crippen LogP contribution in [-0.4, -0.2) is 33.4 Å². The summed E-state index contributed by atoms with van der Waals surface area (Å²) in [6.45, 7) is 2.89. The number of hydrogen-bond donors (Lipinski definition) is 1. The number of carbonyl (C=O) groups excluding carboxylic acids is 2. The monoisotopic (exact) mass is 486 g/mol. The van der Waals surface area contributed by atoms with Crippen LogP contribution in [0.4, 0.5) is 20.2 Å². The van der Waals surface area contributed by atoms with Gasteiger partial charge in [-0.25, -0.2) is 22.0 Å². The van der Waals surface area contributed by atoms with Gasteiger partial charge in [-0.1, -0.05) is 30.3 Å². The van der Waals surface area contributed by atoms with Gasteiger partial charge in [-0.3, -0.25) is 9.10 Å². The number of rotatable bonds is 9. The number of hydrogen-bond acceptors (Lipinski definition) is 5. The summed E-state index contributed by atoms with van der Waals surface area (Å²) in [5.74, 6) is -3.94. The van der Waals surface area contributed by atoms with Gasteiger partial charge in [-0.15, -0.1) is 6.58 Å². The molecule has 1 N–H and O–H groups in total. The maximum atomic E-state index is 13.2. The van der Waals surface area contributed by atoms with Crippen molar-refractivity contribution in [3.05, 3.63) is 103 Å². The third-order valence-electron chi connectivity index (χ3n) is 4.53. The van der Waals surface area contributed by atoms with E-state index in [9.17, 15) is 26.8 Å². The van der Waals surface area contributed by atoms with E-state index >= 15 is 0 Å². The van der Waals surface area contributed by atoms with Crippen molar-refractivity contribution in [2.24, 2.45) is 0 Å². The van der Waals surface area contributed by atoms with Crippen molar-refractivity contribution in [3.63, 3.8) is 0 Å². The Labute approximate surface area is 195 Å². The zero-order valence-corrected chi connectivity index (χ0v) is 18.6. The number of anilines is 2. The predicted molar refractivity (Wildman–Crippen MR) is 123 cm³/mol. The highest BCUT2D eigenvalue weighted by atomic mass is 32.2. The molecule has 0 aliphatic rings. The third kappa shape index (κ3) is 5.84. The maximum absolute atomic E-state index is 13.2. The van der Waals surface area contributed by atoms with Crippen molar-refractivity contribution in [2.45, 2.75) is 4.90 Å². The molecule has 0 unspecified atom stereocenters. The van der Waals surface area contributed by atoms with Crippen molar-refractivity contribution in [3.8, 4) is 0 Å². The molecule has 0 radical (unpaired) electrons. The molecular formula is C24H20F2N2O5S. The molecule has 0 saturated heterocycles. The second-order valence-corrected chi connectivity index (χ2v) is 8.80. The van der Waals surface area contributed by atoms with E-state index in [1.807, 2.05) is 0 Å². The van der Waals surface area contributed by atoms with Crippen molar-refractivity contribution in [2.75, 3.05) is 22.8 Å². The second kappa shape index (κ2) is 10.7. The largest absolute Gasteiger partial charge is 0.452 e. The minimum atomic E-state index is -4.04. The first-order valence-corrected chi connectivity index (χ1v) is 11.4. The molecule has 3 aromatic carbocycles. The molecule has 0 fully saturated rings. The normalized spacial score (nSPS) is 10.9. The summed E-state index contributed by atoms with van der Waals surface area (Å²) in [6.07, 6.45) is 1.44. The van der Waals surface area contributed by atoms with Gasteiger partial charge in [-0.2, -0.15) is 0 Å². The van der Waals surface area contributed by atoms with E-state index in [0.717, 1.165) is 28.6 Å². The van der Waals surface area contributed by atoms with E-state index in [2.05, 4.69) is 11.9 Å². The summed E-state index contributed by atoms with van der Waals surface area (Å²) in [5.41, 5.74) is 0.314. The summed E-state index contributed by atoms with van der Waals surface area (Å²) < 4.78 is 58.7. The number of nitrogens with one attached hydrogen (secondary N) is 1. The SMILES string of the molecule is C=CCN(c1ccccc1)S(=O)(=O)c1cccc(C(=O)OCC(=O)Nc2ccc(F)c(F)c2)c1. The lowest BCUT2D eigenvalue weighted by Gasteiger charge is -2.23. The molecule has 10 heteroatoms. The van der Waals surface area contributed by atoms with Gasteiger partial charge in [0.15, 0.2) is 18.2 Å². The molecule has 0 aliphatic carbocycles. The van der Waals surface area contributed by atoms with Gasteiger partial charge in [0.2, 0.25) is 0 Å². The van der Waals surface area contributed by atoms with E-state index in [-0.39, 0.29) is 22.7 Å². The minimum Gasteiger partial charge on any atom is -0.452 e. The standard InChI is InChI=1S/C24H20F2N2O5S/c1-2-13-28(19-8-4-3-5-9-19)34(31,32)20-10-6-7-17(14-20)24(30)33-16-23(29)27-18-11-12-21(25)22(26)15-18/h2-12,14-15H,1,13,16H2,(H,27,29). The predicted octanol–water partition coefficient (Wildman–Crippen LogP) is 4.14. The zero-order valence-electron chi connectivity index (χ0n) is 17.8. The molecular weight excluding hydrogens is 466 g/mol. The Kier molecular flexibility index (Phi) is 7.75. The number of benzene rings is 3. The van der Waals surface area contributed by atoms with Gasteiger partial charge in [0.05, 0.1) is 22.7 Å². The van der Waals surface area contributed by atoms with Crippen LogP contribution >= 0.6 is 0 Å². The first-order valence-electron chi connectivity index (χ1n) is 9.93. The Hall–Kier alpha value is -4.05. The van der Waals surface area contributed by atoms with Crippen LogP contribution in [0, 0.1) is 11.6 Å².